The van der Waals surface area contributed by atoms with Crippen molar-refractivity contribution in [1.82, 2.24) is 0 Å². The molecule has 0 aliphatic carbocycles. The van der Waals surface area contributed by atoms with Crippen LogP contribution in [-0.4, -0.2) is 25.8 Å². The van der Waals surface area contributed by atoms with E-state index in [1.165, 1.54) is 0 Å². The second-order valence-electron chi connectivity index (χ2n) is 6.85. The van der Waals surface area contributed by atoms with Crippen molar-refractivity contribution >= 4 is 14.0 Å². The van der Waals surface area contributed by atoms with E-state index in [0.29, 0.717) is 12.2 Å². The van der Waals surface area contributed by atoms with Crippen molar-refractivity contribution < 1.29 is 14.6 Å². The van der Waals surface area contributed by atoms with Gasteiger partial charge in [-0.2, -0.15) is 0 Å². The zero-order valence-electron chi connectivity index (χ0n) is 14.0. The Morgan fingerprint density at radius 1 is 1.04 bits per heavy atom. The minimum absolute atomic E-state index is 0.0145. The fraction of sp³-hybridized carbons (Fsp3) is 0.316. The van der Waals surface area contributed by atoms with Crippen LogP contribution in [0, 0.1) is 0 Å². The minimum Gasteiger partial charge on any atom is -0.462 e. The van der Waals surface area contributed by atoms with Crippen molar-refractivity contribution in [2.24, 2.45) is 0 Å². The summed E-state index contributed by atoms with van der Waals surface area (Å²) in [7, 11) is -1.21. The summed E-state index contributed by atoms with van der Waals surface area (Å²) >= 11 is 0. The summed E-state index contributed by atoms with van der Waals surface area (Å²) in [6, 6.07) is 16.0. The van der Waals surface area contributed by atoms with Crippen LogP contribution in [0.3, 0.4) is 0 Å². The van der Waals surface area contributed by atoms with Gasteiger partial charge in [0.05, 0.1) is 18.8 Å². The number of rotatable bonds is 6. The first-order valence-corrected chi connectivity index (χ1v) is 11.6. The van der Waals surface area contributed by atoms with Crippen LogP contribution >= 0.6 is 0 Å². The average molecular weight is 328 g/mol. The minimum atomic E-state index is -1.21. The van der Waals surface area contributed by atoms with Gasteiger partial charge in [-0.25, -0.2) is 4.79 Å². The van der Waals surface area contributed by atoms with Gasteiger partial charge in [-0.3, -0.25) is 0 Å². The second-order valence-corrected chi connectivity index (χ2v) is 12.5. The van der Waals surface area contributed by atoms with E-state index in [-0.39, 0.29) is 12.6 Å². The third kappa shape index (κ3) is 5.05. The van der Waals surface area contributed by atoms with E-state index >= 15 is 0 Å². The van der Waals surface area contributed by atoms with Crippen molar-refractivity contribution in [2.45, 2.75) is 32.3 Å². The molecule has 0 fully saturated rings. The maximum Gasteiger partial charge on any atom is 0.338 e. The Morgan fingerprint density at radius 3 is 2.30 bits per heavy atom. The number of hydrogen-bond acceptors (Lipinski definition) is 3. The molecule has 122 valence electrons. The smallest absolute Gasteiger partial charge is 0.338 e. The number of carbonyl (C=O) groups excluding carboxylic acids is 1. The monoisotopic (exact) mass is 328 g/mol. The molecule has 0 saturated carbocycles. The highest BCUT2D eigenvalue weighted by Crippen LogP contribution is 2.25. The van der Waals surface area contributed by atoms with E-state index in [1.807, 2.05) is 42.5 Å². The molecule has 0 amide bonds. The van der Waals surface area contributed by atoms with Gasteiger partial charge in [-0.05, 0) is 28.8 Å². The number of carbonyl (C=O) groups is 1. The van der Waals surface area contributed by atoms with Gasteiger partial charge in [-0.1, -0.05) is 62.1 Å². The fourth-order valence-electron chi connectivity index (χ4n) is 2.23. The fourth-order valence-corrected chi connectivity index (χ4v) is 2.94. The van der Waals surface area contributed by atoms with Crippen LogP contribution in [0.4, 0.5) is 0 Å². The first-order valence-electron chi connectivity index (χ1n) is 7.87. The summed E-state index contributed by atoms with van der Waals surface area (Å²) in [4.78, 5) is 12.4. The predicted molar refractivity (Wildman–Crippen MR) is 96.2 cm³/mol. The van der Waals surface area contributed by atoms with E-state index in [1.54, 1.807) is 6.07 Å². The SMILES string of the molecule is C[Si](C)(C)CCOC(=O)c1ccccc1-c1ccc(CO)cc1. The Balaban J connectivity index is 2.17. The highest BCUT2D eigenvalue weighted by atomic mass is 28.3. The number of esters is 1. The largest absolute Gasteiger partial charge is 0.462 e. The summed E-state index contributed by atoms with van der Waals surface area (Å²) in [6.45, 7) is 7.28. The van der Waals surface area contributed by atoms with Gasteiger partial charge in [0.25, 0.3) is 0 Å². The van der Waals surface area contributed by atoms with Crippen molar-refractivity contribution in [2.75, 3.05) is 6.61 Å². The Bertz CT molecular complexity index is 657. The number of aliphatic hydroxyl groups is 1. The van der Waals surface area contributed by atoms with Crippen LogP contribution < -0.4 is 0 Å². The normalized spacial score (nSPS) is 11.3. The molecule has 0 heterocycles. The molecule has 2 rings (SSSR count). The molecule has 0 radical (unpaired) electrons. The van der Waals surface area contributed by atoms with Crippen molar-refractivity contribution in [3.05, 3.63) is 59.7 Å². The third-order valence-electron chi connectivity index (χ3n) is 3.68. The molecule has 1 N–H and O–H groups in total. The molecule has 3 nitrogen and oxygen atoms in total. The topological polar surface area (TPSA) is 46.5 Å². The average Bonchev–Trinajstić information content (AvgIpc) is 2.53. The molecule has 4 heteroatoms. The van der Waals surface area contributed by atoms with E-state index in [2.05, 4.69) is 19.6 Å². The number of hydrogen-bond donors (Lipinski definition) is 1. The quantitative estimate of drug-likeness (QED) is 0.634. The maximum atomic E-state index is 12.4. The summed E-state index contributed by atoms with van der Waals surface area (Å²) in [5, 5.41) is 9.13. The molecule has 0 spiro atoms. The lowest BCUT2D eigenvalue weighted by atomic mass is 9.99. The van der Waals surface area contributed by atoms with Crippen LogP contribution in [0.25, 0.3) is 11.1 Å². The molecule has 2 aromatic rings. The Labute approximate surface area is 138 Å². The summed E-state index contributed by atoms with van der Waals surface area (Å²) < 4.78 is 5.47. The van der Waals surface area contributed by atoms with Crippen LogP contribution in [0.1, 0.15) is 15.9 Å². The molecular weight excluding hydrogens is 304 g/mol. The molecule has 0 atom stereocenters. The Hall–Kier alpha value is -1.91. The second kappa shape index (κ2) is 7.57. The lowest BCUT2D eigenvalue weighted by molar-refractivity contribution is 0.0526. The van der Waals surface area contributed by atoms with Crippen LogP contribution in [0.5, 0.6) is 0 Å². The number of aliphatic hydroxyl groups excluding tert-OH is 1. The van der Waals surface area contributed by atoms with Crippen LogP contribution in [0.2, 0.25) is 25.7 Å². The zero-order valence-corrected chi connectivity index (χ0v) is 15.0. The van der Waals surface area contributed by atoms with Crippen molar-refractivity contribution in [1.29, 1.82) is 0 Å². The first-order chi connectivity index (χ1) is 10.9. The van der Waals surface area contributed by atoms with Gasteiger partial charge in [0.1, 0.15) is 0 Å². The maximum absolute atomic E-state index is 12.4. The predicted octanol–water partition coefficient (Wildman–Crippen LogP) is 4.34. The highest BCUT2D eigenvalue weighted by Gasteiger charge is 2.17. The van der Waals surface area contributed by atoms with E-state index in [4.69, 9.17) is 9.84 Å². The highest BCUT2D eigenvalue weighted by molar-refractivity contribution is 6.76. The van der Waals surface area contributed by atoms with Gasteiger partial charge in [0.2, 0.25) is 0 Å². The van der Waals surface area contributed by atoms with E-state index < -0.39 is 8.07 Å². The Morgan fingerprint density at radius 2 is 1.70 bits per heavy atom. The van der Waals surface area contributed by atoms with Crippen molar-refractivity contribution in [3.8, 4) is 11.1 Å². The zero-order chi connectivity index (χ0) is 16.9. The van der Waals surface area contributed by atoms with Gasteiger partial charge < -0.3 is 9.84 Å². The number of benzene rings is 2. The molecule has 0 saturated heterocycles. The van der Waals surface area contributed by atoms with Gasteiger partial charge >= 0.3 is 5.97 Å². The van der Waals surface area contributed by atoms with Gasteiger partial charge in [-0.15, -0.1) is 0 Å². The molecular formula is C19H24O3Si. The van der Waals surface area contributed by atoms with Crippen molar-refractivity contribution in [3.63, 3.8) is 0 Å². The standard InChI is InChI=1S/C19H24O3Si/c1-23(2,3)13-12-22-19(21)18-7-5-4-6-17(18)16-10-8-15(14-20)9-11-16/h4-11,20H,12-14H2,1-3H3. The molecule has 0 unspecified atom stereocenters. The third-order valence-corrected chi connectivity index (χ3v) is 5.38. The lowest BCUT2D eigenvalue weighted by Crippen LogP contribution is -2.22. The summed E-state index contributed by atoms with van der Waals surface area (Å²) in [5.41, 5.74) is 3.23. The van der Waals surface area contributed by atoms with E-state index in [9.17, 15) is 4.79 Å². The molecule has 0 aromatic heterocycles. The van der Waals surface area contributed by atoms with Crippen LogP contribution in [-0.2, 0) is 11.3 Å². The van der Waals surface area contributed by atoms with Crippen LogP contribution in [0.15, 0.2) is 48.5 Å². The summed E-state index contributed by atoms with van der Waals surface area (Å²) in [5.74, 6) is -0.273. The Kier molecular flexibility index (Phi) is 5.74. The molecule has 0 bridgehead atoms. The van der Waals surface area contributed by atoms with Gasteiger partial charge in [0, 0.05) is 8.07 Å². The molecule has 23 heavy (non-hydrogen) atoms. The van der Waals surface area contributed by atoms with Gasteiger partial charge in [0.15, 0.2) is 0 Å². The van der Waals surface area contributed by atoms with E-state index in [0.717, 1.165) is 22.7 Å². The first kappa shape index (κ1) is 17.4. The molecule has 0 aliphatic rings. The lowest BCUT2D eigenvalue weighted by Gasteiger charge is -2.16. The summed E-state index contributed by atoms with van der Waals surface area (Å²) in [6.07, 6.45) is 0. The molecule has 0 aliphatic heterocycles. The molecule has 2 aromatic carbocycles. The number of ether oxygens (including phenoxy) is 1.